The number of nitrogens with zero attached hydrogens (tertiary/aromatic N) is 2. The van der Waals surface area contributed by atoms with Crippen LogP contribution in [0.2, 0.25) is 0 Å². The smallest absolute Gasteiger partial charge is 0.219 e. The molecule has 1 saturated heterocycles. The number of carbonyl (C=O) groups excluding carboxylic acids is 2. The molecule has 0 unspecified atom stereocenters. The molecule has 1 fully saturated rings. The van der Waals surface area contributed by atoms with Crippen molar-refractivity contribution in [2.75, 3.05) is 31.1 Å². The fourth-order valence-electron chi connectivity index (χ4n) is 2.45. The van der Waals surface area contributed by atoms with Crippen LogP contribution < -0.4 is 4.90 Å². The highest BCUT2D eigenvalue weighted by atomic mass is 16.2. The van der Waals surface area contributed by atoms with Crippen molar-refractivity contribution in [3.63, 3.8) is 0 Å². The molecule has 0 saturated carbocycles. The lowest BCUT2D eigenvalue weighted by molar-refractivity contribution is -0.129. The molecule has 0 aliphatic carbocycles. The Morgan fingerprint density at radius 1 is 1.00 bits per heavy atom. The average Bonchev–Trinajstić information content (AvgIpc) is 2.49. The summed E-state index contributed by atoms with van der Waals surface area (Å²) in [6.45, 7) is 13.8. The van der Waals surface area contributed by atoms with Gasteiger partial charge in [-0.1, -0.05) is 32.9 Å². The SMILES string of the molecule is C=O.CC(=O)N1CCN(c2ccc(C(C)(C)C)cc2)CC1. The van der Waals surface area contributed by atoms with Crippen LogP contribution in [-0.4, -0.2) is 43.8 Å². The zero-order valence-electron chi connectivity index (χ0n) is 13.6. The predicted octanol–water partition coefficient (Wildman–Crippen LogP) is 2.47. The summed E-state index contributed by atoms with van der Waals surface area (Å²) in [6, 6.07) is 8.83. The molecule has 0 N–H and O–H groups in total. The summed E-state index contributed by atoms with van der Waals surface area (Å²) in [7, 11) is 0. The number of hydrogen-bond acceptors (Lipinski definition) is 3. The van der Waals surface area contributed by atoms with Gasteiger partial charge in [0.1, 0.15) is 6.79 Å². The molecule has 1 heterocycles. The van der Waals surface area contributed by atoms with Crippen LogP contribution >= 0.6 is 0 Å². The summed E-state index contributed by atoms with van der Waals surface area (Å²) in [5, 5.41) is 0. The molecular formula is C17H26N2O2. The quantitative estimate of drug-likeness (QED) is 0.798. The first-order chi connectivity index (χ1) is 9.88. The van der Waals surface area contributed by atoms with Crippen LogP contribution in [0.1, 0.15) is 33.3 Å². The van der Waals surface area contributed by atoms with Crippen LogP contribution in [0.15, 0.2) is 24.3 Å². The minimum absolute atomic E-state index is 0.183. The van der Waals surface area contributed by atoms with Crippen molar-refractivity contribution in [2.45, 2.75) is 33.1 Å². The van der Waals surface area contributed by atoms with Gasteiger partial charge in [-0.25, -0.2) is 0 Å². The number of carbonyl (C=O) groups is 2. The molecule has 1 amide bonds. The Kier molecular flexibility index (Phi) is 5.94. The molecule has 0 atom stereocenters. The van der Waals surface area contributed by atoms with Crippen LogP contribution in [-0.2, 0) is 15.0 Å². The Balaban J connectivity index is 0.00000106. The third kappa shape index (κ3) is 4.59. The molecule has 0 radical (unpaired) electrons. The second-order valence-corrected chi connectivity index (χ2v) is 6.29. The number of anilines is 1. The van der Waals surface area contributed by atoms with Gasteiger partial charge in [-0.3, -0.25) is 4.79 Å². The van der Waals surface area contributed by atoms with E-state index in [0.717, 1.165) is 26.2 Å². The zero-order valence-corrected chi connectivity index (χ0v) is 13.6. The van der Waals surface area contributed by atoms with Crippen molar-refractivity contribution >= 4 is 18.4 Å². The summed E-state index contributed by atoms with van der Waals surface area (Å²) in [5.41, 5.74) is 2.82. The molecule has 0 aromatic heterocycles. The minimum Gasteiger partial charge on any atom is -0.368 e. The van der Waals surface area contributed by atoms with Crippen molar-refractivity contribution in [3.05, 3.63) is 29.8 Å². The van der Waals surface area contributed by atoms with E-state index in [0.29, 0.717) is 0 Å². The first kappa shape index (κ1) is 17.2. The highest BCUT2D eigenvalue weighted by molar-refractivity contribution is 5.73. The molecule has 0 bridgehead atoms. The van der Waals surface area contributed by atoms with Gasteiger partial charge in [0.2, 0.25) is 5.91 Å². The Labute approximate surface area is 127 Å². The number of rotatable bonds is 1. The van der Waals surface area contributed by atoms with Gasteiger partial charge in [0.15, 0.2) is 0 Å². The molecule has 4 heteroatoms. The highest BCUT2D eigenvalue weighted by Gasteiger charge is 2.19. The van der Waals surface area contributed by atoms with Crippen LogP contribution in [0.25, 0.3) is 0 Å². The van der Waals surface area contributed by atoms with Crippen molar-refractivity contribution < 1.29 is 9.59 Å². The first-order valence-corrected chi connectivity index (χ1v) is 7.28. The van der Waals surface area contributed by atoms with Gasteiger partial charge < -0.3 is 14.6 Å². The third-order valence-corrected chi connectivity index (χ3v) is 3.82. The lowest BCUT2D eigenvalue weighted by Gasteiger charge is -2.35. The van der Waals surface area contributed by atoms with E-state index < -0.39 is 0 Å². The number of benzene rings is 1. The Morgan fingerprint density at radius 2 is 1.48 bits per heavy atom. The van der Waals surface area contributed by atoms with Crippen molar-refractivity contribution in [1.29, 1.82) is 0 Å². The Hall–Kier alpha value is -1.84. The fraction of sp³-hybridized carbons (Fsp3) is 0.529. The number of amides is 1. The summed E-state index contributed by atoms with van der Waals surface area (Å²) in [6.07, 6.45) is 0. The summed E-state index contributed by atoms with van der Waals surface area (Å²) < 4.78 is 0. The van der Waals surface area contributed by atoms with Gasteiger partial charge in [0, 0.05) is 38.8 Å². The average molecular weight is 290 g/mol. The second-order valence-electron chi connectivity index (χ2n) is 6.29. The zero-order chi connectivity index (χ0) is 16.0. The van der Waals surface area contributed by atoms with Gasteiger partial charge in [0.05, 0.1) is 0 Å². The van der Waals surface area contributed by atoms with E-state index in [1.165, 1.54) is 11.3 Å². The maximum atomic E-state index is 11.3. The molecular weight excluding hydrogens is 264 g/mol. The molecule has 1 aromatic rings. The third-order valence-electron chi connectivity index (χ3n) is 3.82. The topological polar surface area (TPSA) is 40.6 Å². The lowest BCUT2D eigenvalue weighted by atomic mass is 9.87. The van der Waals surface area contributed by atoms with E-state index in [2.05, 4.69) is 49.9 Å². The molecule has 0 spiro atoms. The molecule has 1 aliphatic heterocycles. The van der Waals surface area contributed by atoms with Crippen LogP contribution in [0.4, 0.5) is 5.69 Å². The van der Waals surface area contributed by atoms with Gasteiger partial charge >= 0.3 is 0 Å². The lowest BCUT2D eigenvalue weighted by Crippen LogP contribution is -2.48. The van der Waals surface area contributed by atoms with Crippen LogP contribution in [0, 0.1) is 0 Å². The van der Waals surface area contributed by atoms with Gasteiger partial charge in [0.25, 0.3) is 0 Å². The first-order valence-electron chi connectivity index (χ1n) is 7.28. The normalized spacial score (nSPS) is 15.2. The molecule has 2 rings (SSSR count). The maximum absolute atomic E-state index is 11.3. The van der Waals surface area contributed by atoms with Crippen LogP contribution in [0.3, 0.4) is 0 Å². The largest absolute Gasteiger partial charge is 0.368 e. The standard InChI is InChI=1S/C16H24N2O.CH2O/c1-13(19)17-9-11-18(12-10-17)15-7-5-14(6-8-15)16(2,3)4;1-2/h5-8H,9-12H2,1-4H3;1H2. The van der Waals surface area contributed by atoms with Crippen LogP contribution in [0.5, 0.6) is 0 Å². The van der Waals surface area contributed by atoms with Gasteiger partial charge in [-0.05, 0) is 23.1 Å². The van der Waals surface area contributed by atoms with E-state index in [9.17, 15) is 4.79 Å². The summed E-state index contributed by atoms with van der Waals surface area (Å²) in [4.78, 5) is 23.6. The predicted molar refractivity (Wildman–Crippen MR) is 86.7 cm³/mol. The molecule has 116 valence electrons. The Bertz CT molecular complexity index is 455. The highest BCUT2D eigenvalue weighted by Crippen LogP contribution is 2.25. The maximum Gasteiger partial charge on any atom is 0.219 e. The monoisotopic (exact) mass is 290 g/mol. The summed E-state index contributed by atoms with van der Waals surface area (Å²) in [5.74, 6) is 0.183. The second kappa shape index (κ2) is 7.25. The molecule has 1 aliphatic rings. The number of hydrogen-bond donors (Lipinski definition) is 0. The van der Waals surface area contributed by atoms with E-state index in [1.54, 1.807) is 6.92 Å². The van der Waals surface area contributed by atoms with E-state index in [-0.39, 0.29) is 11.3 Å². The number of piperazine rings is 1. The van der Waals surface area contributed by atoms with Crippen molar-refractivity contribution in [3.8, 4) is 0 Å². The Morgan fingerprint density at radius 3 is 1.86 bits per heavy atom. The van der Waals surface area contributed by atoms with E-state index in [1.807, 2.05) is 11.7 Å². The van der Waals surface area contributed by atoms with E-state index in [4.69, 9.17) is 4.79 Å². The molecule has 21 heavy (non-hydrogen) atoms. The molecule has 1 aromatic carbocycles. The van der Waals surface area contributed by atoms with Gasteiger partial charge in [-0.2, -0.15) is 0 Å². The van der Waals surface area contributed by atoms with E-state index >= 15 is 0 Å². The minimum atomic E-state index is 0.183. The fourth-order valence-corrected chi connectivity index (χ4v) is 2.45. The van der Waals surface area contributed by atoms with Crippen molar-refractivity contribution in [1.82, 2.24) is 4.90 Å². The van der Waals surface area contributed by atoms with Crippen molar-refractivity contribution in [2.24, 2.45) is 0 Å². The van der Waals surface area contributed by atoms with Gasteiger partial charge in [-0.15, -0.1) is 0 Å². The molecule has 4 nitrogen and oxygen atoms in total. The summed E-state index contributed by atoms with van der Waals surface area (Å²) >= 11 is 0.